The molecule has 1 heterocycles. The van der Waals surface area contributed by atoms with Crippen LogP contribution in [0, 0.1) is 30.9 Å². The highest BCUT2D eigenvalue weighted by molar-refractivity contribution is 6.31. The second-order valence-corrected chi connectivity index (χ2v) is 7.58. The number of halogens is 1. The maximum Gasteiger partial charge on any atom is 0.342 e. The molecule has 2 aromatic carbocycles. The fourth-order valence-electron chi connectivity index (χ4n) is 3.22. The Hall–Kier alpha value is -3.72. The smallest absolute Gasteiger partial charge is 0.342 e. The minimum atomic E-state index is -0.685. The van der Waals surface area contributed by atoms with Crippen molar-refractivity contribution in [2.75, 3.05) is 11.9 Å². The number of rotatable bonds is 7. The van der Waals surface area contributed by atoms with E-state index in [1.165, 1.54) is 18.2 Å². The summed E-state index contributed by atoms with van der Waals surface area (Å²) in [6.07, 6.45) is 0. The summed E-state index contributed by atoms with van der Waals surface area (Å²) in [5.41, 5.74) is 2.78. The first kappa shape index (κ1) is 23.0. The fourth-order valence-corrected chi connectivity index (χ4v) is 3.41. The average Bonchev–Trinajstić information content (AvgIpc) is 3.02. The van der Waals surface area contributed by atoms with Gasteiger partial charge in [-0.15, -0.1) is 0 Å². The van der Waals surface area contributed by atoms with Crippen LogP contribution in [0.15, 0.2) is 42.5 Å². The zero-order chi connectivity index (χ0) is 23.4. The van der Waals surface area contributed by atoms with Gasteiger partial charge in [-0.1, -0.05) is 35.9 Å². The number of nitrogens with one attached hydrogen (secondary N) is 1. The molecule has 3 aromatic rings. The zero-order valence-electron chi connectivity index (χ0n) is 17.7. The van der Waals surface area contributed by atoms with Crippen LogP contribution in [0.25, 0.3) is 0 Å². The van der Waals surface area contributed by atoms with Gasteiger partial charge in [0, 0.05) is 22.3 Å². The predicted octanol–water partition coefficient (Wildman–Crippen LogP) is 4.21. The normalized spacial score (nSPS) is 10.6. The van der Waals surface area contributed by atoms with Gasteiger partial charge in [0.1, 0.15) is 5.56 Å². The Balaban J connectivity index is 1.66. The number of aryl methyl sites for hydroxylation is 2. The van der Waals surface area contributed by atoms with Crippen LogP contribution < -0.4 is 5.32 Å². The number of anilines is 1. The first-order chi connectivity index (χ1) is 15.2. The maximum absolute atomic E-state index is 12.6. The molecule has 9 nitrogen and oxygen atoms in total. The van der Waals surface area contributed by atoms with Crippen LogP contribution in [0.4, 0.5) is 11.4 Å². The van der Waals surface area contributed by atoms with Crippen molar-refractivity contribution in [2.45, 2.75) is 27.3 Å². The van der Waals surface area contributed by atoms with Gasteiger partial charge in [-0.05, 0) is 38.5 Å². The number of nitrogens with zero attached hydrogens (tertiary/aromatic N) is 3. The second kappa shape index (κ2) is 9.61. The third-order valence-corrected chi connectivity index (χ3v) is 5.26. The van der Waals surface area contributed by atoms with Crippen molar-refractivity contribution < 1.29 is 19.2 Å². The number of hydrogen-bond acceptors (Lipinski definition) is 6. The van der Waals surface area contributed by atoms with Crippen LogP contribution in [-0.4, -0.2) is 33.2 Å². The molecule has 0 aliphatic carbocycles. The summed E-state index contributed by atoms with van der Waals surface area (Å²) in [5, 5.41) is 18.5. The molecule has 3 rings (SSSR count). The summed E-state index contributed by atoms with van der Waals surface area (Å²) in [4.78, 5) is 35.3. The van der Waals surface area contributed by atoms with E-state index in [0.29, 0.717) is 28.5 Å². The summed E-state index contributed by atoms with van der Waals surface area (Å²) < 4.78 is 6.80. The molecule has 0 aliphatic rings. The maximum atomic E-state index is 12.6. The predicted molar refractivity (Wildman–Crippen MR) is 119 cm³/mol. The van der Waals surface area contributed by atoms with Gasteiger partial charge < -0.3 is 10.1 Å². The molecular weight excluding hydrogens is 436 g/mol. The van der Waals surface area contributed by atoms with E-state index >= 15 is 0 Å². The van der Waals surface area contributed by atoms with Crippen LogP contribution in [0.2, 0.25) is 5.02 Å². The number of amides is 1. The molecule has 1 aromatic heterocycles. The lowest BCUT2D eigenvalue weighted by molar-refractivity contribution is -0.385. The topological polar surface area (TPSA) is 116 Å². The molecule has 0 fully saturated rings. The first-order valence-electron chi connectivity index (χ1n) is 9.66. The van der Waals surface area contributed by atoms with Crippen molar-refractivity contribution in [3.05, 3.63) is 85.7 Å². The van der Waals surface area contributed by atoms with E-state index in [1.807, 2.05) is 18.2 Å². The number of nitro groups is 1. The minimum Gasteiger partial charge on any atom is -0.452 e. The molecule has 1 amide bonds. The van der Waals surface area contributed by atoms with Crippen LogP contribution in [0.1, 0.15) is 32.9 Å². The molecule has 0 spiro atoms. The minimum absolute atomic E-state index is 0.114. The molecule has 0 aliphatic heterocycles. The first-order valence-corrected chi connectivity index (χ1v) is 10.0. The van der Waals surface area contributed by atoms with E-state index < -0.39 is 23.4 Å². The number of carbonyl (C=O) groups excluding carboxylic acids is 2. The Morgan fingerprint density at radius 3 is 2.59 bits per heavy atom. The largest absolute Gasteiger partial charge is 0.452 e. The third kappa shape index (κ3) is 5.12. The van der Waals surface area contributed by atoms with Crippen molar-refractivity contribution in [3.63, 3.8) is 0 Å². The van der Waals surface area contributed by atoms with Crippen molar-refractivity contribution in [1.82, 2.24) is 9.78 Å². The standard InChI is InChI=1S/C22H21ClN4O5/c1-13-8-9-17(10-19(13)27(30)31)24-20(28)12-32-22(29)21-14(2)25-26(15(21)3)11-16-6-4-5-7-18(16)23/h4-10H,11-12H2,1-3H3,(H,24,28). The number of hydrogen-bond donors (Lipinski definition) is 1. The molecular formula is C22H21ClN4O5. The summed E-state index contributed by atoms with van der Waals surface area (Å²) in [7, 11) is 0. The number of ether oxygens (including phenoxy) is 1. The average molecular weight is 457 g/mol. The third-order valence-electron chi connectivity index (χ3n) is 4.89. The quantitative estimate of drug-likeness (QED) is 0.323. The van der Waals surface area contributed by atoms with Gasteiger partial charge in [0.2, 0.25) is 0 Å². The van der Waals surface area contributed by atoms with Gasteiger partial charge in [0.25, 0.3) is 11.6 Å². The summed E-state index contributed by atoms with van der Waals surface area (Å²) in [6.45, 7) is 4.85. The second-order valence-electron chi connectivity index (χ2n) is 7.18. The van der Waals surface area contributed by atoms with Gasteiger partial charge in [-0.25, -0.2) is 4.79 Å². The molecule has 10 heteroatoms. The van der Waals surface area contributed by atoms with E-state index in [1.54, 1.807) is 31.5 Å². The van der Waals surface area contributed by atoms with Gasteiger partial charge in [0.05, 0.1) is 22.9 Å². The Bertz CT molecular complexity index is 1210. The molecule has 0 bridgehead atoms. The van der Waals surface area contributed by atoms with Crippen LogP contribution in [0.5, 0.6) is 0 Å². The van der Waals surface area contributed by atoms with Crippen LogP contribution >= 0.6 is 11.6 Å². The SMILES string of the molecule is Cc1ccc(NC(=O)COC(=O)c2c(C)nn(Cc3ccccc3Cl)c2C)cc1[N+](=O)[O-]. The highest BCUT2D eigenvalue weighted by atomic mass is 35.5. The molecule has 0 radical (unpaired) electrons. The lowest BCUT2D eigenvalue weighted by Crippen LogP contribution is -2.21. The van der Waals surface area contributed by atoms with Gasteiger partial charge >= 0.3 is 5.97 Å². The lowest BCUT2D eigenvalue weighted by Gasteiger charge is -2.08. The van der Waals surface area contributed by atoms with Crippen molar-refractivity contribution >= 4 is 34.9 Å². The molecule has 1 N–H and O–H groups in total. The van der Waals surface area contributed by atoms with Gasteiger partial charge in [-0.3, -0.25) is 19.6 Å². The number of aromatic nitrogens is 2. The van der Waals surface area contributed by atoms with E-state index in [2.05, 4.69) is 10.4 Å². The molecule has 0 saturated heterocycles. The molecule has 166 valence electrons. The number of carbonyl (C=O) groups is 2. The zero-order valence-corrected chi connectivity index (χ0v) is 18.5. The van der Waals surface area contributed by atoms with Gasteiger partial charge in [0.15, 0.2) is 6.61 Å². The van der Waals surface area contributed by atoms with Gasteiger partial charge in [-0.2, -0.15) is 5.10 Å². The van der Waals surface area contributed by atoms with Crippen molar-refractivity contribution in [3.8, 4) is 0 Å². The van der Waals surface area contributed by atoms with Crippen molar-refractivity contribution in [1.29, 1.82) is 0 Å². The van der Waals surface area contributed by atoms with E-state index in [9.17, 15) is 19.7 Å². The molecule has 0 saturated carbocycles. The Kier molecular flexibility index (Phi) is 6.89. The van der Waals surface area contributed by atoms with Crippen LogP contribution in [0.3, 0.4) is 0 Å². The fraction of sp³-hybridized carbons (Fsp3) is 0.227. The van der Waals surface area contributed by atoms with E-state index in [-0.39, 0.29) is 16.9 Å². The highest BCUT2D eigenvalue weighted by Crippen LogP contribution is 2.23. The monoisotopic (exact) mass is 456 g/mol. The molecule has 0 atom stereocenters. The molecule has 0 unspecified atom stereocenters. The number of nitro benzene ring substituents is 1. The number of esters is 1. The van der Waals surface area contributed by atoms with Crippen molar-refractivity contribution in [2.24, 2.45) is 0 Å². The lowest BCUT2D eigenvalue weighted by atomic mass is 10.2. The highest BCUT2D eigenvalue weighted by Gasteiger charge is 2.21. The Morgan fingerprint density at radius 1 is 1.19 bits per heavy atom. The van der Waals surface area contributed by atoms with Crippen LogP contribution in [-0.2, 0) is 16.1 Å². The Labute approximate surface area is 189 Å². The molecule has 32 heavy (non-hydrogen) atoms. The summed E-state index contributed by atoms with van der Waals surface area (Å²) in [5.74, 6) is -1.30. The Morgan fingerprint density at radius 2 is 1.91 bits per heavy atom. The summed E-state index contributed by atoms with van der Waals surface area (Å²) in [6, 6.07) is 11.7. The summed E-state index contributed by atoms with van der Waals surface area (Å²) >= 11 is 6.21. The number of benzene rings is 2. The van der Waals surface area contributed by atoms with E-state index in [4.69, 9.17) is 16.3 Å². The van der Waals surface area contributed by atoms with E-state index in [0.717, 1.165) is 5.56 Å².